The largest absolute Gasteiger partial charge is 0.478 e. The van der Waals surface area contributed by atoms with Crippen molar-refractivity contribution in [3.05, 3.63) is 45.8 Å². The van der Waals surface area contributed by atoms with Crippen LogP contribution >= 0.6 is 22.9 Å². The number of aryl methyl sites for hydroxylation is 1. The zero-order chi connectivity index (χ0) is 17.2. The number of aromatic carboxylic acids is 1. The van der Waals surface area contributed by atoms with E-state index in [1.54, 1.807) is 6.92 Å². The lowest BCUT2D eigenvalue weighted by Gasteiger charge is -2.09. The maximum atomic E-state index is 12.0. The number of thiophene rings is 1. The van der Waals surface area contributed by atoms with Crippen molar-refractivity contribution >= 4 is 50.6 Å². The van der Waals surface area contributed by atoms with Gasteiger partial charge in [-0.2, -0.15) is 0 Å². The van der Waals surface area contributed by atoms with E-state index in [1.165, 1.54) is 30.3 Å². The fourth-order valence-corrected chi connectivity index (χ4v) is 4.14. The number of rotatable bonds is 4. The monoisotopic (exact) mass is 374 g/mol. The fourth-order valence-electron chi connectivity index (χ4n) is 1.75. The molecular formula is C13H11ClN2O5S2. The third kappa shape index (κ3) is 4.21. The van der Waals surface area contributed by atoms with Crippen LogP contribution in [0.1, 0.15) is 15.9 Å². The summed E-state index contributed by atoms with van der Waals surface area (Å²) in [6.07, 6.45) is 0. The van der Waals surface area contributed by atoms with E-state index in [-0.39, 0.29) is 19.8 Å². The van der Waals surface area contributed by atoms with Crippen LogP contribution in [0.5, 0.6) is 0 Å². The van der Waals surface area contributed by atoms with E-state index in [4.69, 9.17) is 16.7 Å². The highest BCUT2D eigenvalue weighted by molar-refractivity contribution is 7.92. The van der Waals surface area contributed by atoms with Crippen LogP contribution in [0.25, 0.3) is 0 Å². The molecule has 0 radical (unpaired) electrons. The molecule has 0 unspecified atom stereocenters. The van der Waals surface area contributed by atoms with E-state index in [1.807, 2.05) is 4.72 Å². The van der Waals surface area contributed by atoms with Crippen LogP contribution in [0, 0.1) is 6.92 Å². The number of urea groups is 1. The second-order valence-corrected chi connectivity index (χ2v) is 8.08. The van der Waals surface area contributed by atoms with Crippen molar-refractivity contribution in [3.8, 4) is 0 Å². The average molecular weight is 375 g/mol. The van der Waals surface area contributed by atoms with Gasteiger partial charge in [-0.15, -0.1) is 11.3 Å². The Kier molecular flexibility index (Phi) is 4.93. The molecule has 2 aromatic rings. The summed E-state index contributed by atoms with van der Waals surface area (Å²) in [6.45, 7) is 1.57. The third-order valence-corrected chi connectivity index (χ3v) is 5.81. The van der Waals surface area contributed by atoms with Crippen molar-refractivity contribution < 1.29 is 23.1 Å². The molecule has 0 fully saturated rings. The van der Waals surface area contributed by atoms with E-state index >= 15 is 0 Å². The summed E-state index contributed by atoms with van der Waals surface area (Å²) in [5.74, 6) is -1.09. The Morgan fingerprint density at radius 3 is 2.43 bits per heavy atom. The first-order valence-corrected chi connectivity index (χ1v) is 8.80. The molecule has 0 aliphatic rings. The Morgan fingerprint density at radius 1 is 1.22 bits per heavy atom. The first-order valence-electron chi connectivity index (χ1n) is 6.12. The number of carboxylic acid groups (broad SMARTS) is 1. The van der Waals surface area contributed by atoms with Gasteiger partial charge in [-0.05, 0) is 42.8 Å². The fraction of sp³-hybridized carbons (Fsp3) is 0.0769. The molecule has 0 saturated carbocycles. The number of carboxylic acids is 1. The molecule has 0 saturated heterocycles. The maximum Gasteiger partial charge on any atom is 0.335 e. The molecule has 0 aliphatic carbocycles. The van der Waals surface area contributed by atoms with Crippen LogP contribution in [0.3, 0.4) is 0 Å². The Morgan fingerprint density at radius 2 is 1.91 bits per heavy atom. The van der Waals surface area contributed by atoms with E-state index in [9.17, 15) is 18.0 Å². The van der Waals surface area contributed by atoms with Gasteiger partial charge in [-0.1, -0.05) is 11.6 Å². The lowest BCUT2D eigenvalue weighted by Crippen LogP contribution is -2.34. The minimum Gasteiger partial charge on any atom is -0.478 e. The van der Waals surface area contributed by atoms with Crippen molar-refractivity contribution in [2.45, 2.75) is 11.1 Å². The van der Waals surface area contributed by atoms with Gasteiger partial charge < -0.3 is 10.4 Å². The Labute approximate surface area is 141 Å². The van der Waals surface area contributed by atoms with Gasteiger partial charge >= 0.3 is 12.0 Å². The second-order valence-electron chi connectivity index (χ2n) is 4.45. The van der Waals surface area contributed by atoms with Crippen molar-refractivity contribution in [2.75, 3.05) is 5.32 Å². The molecule has 0 spiro atoms. The Balaban J connectivity index is 2.11. The molecule has 10 heteroatoms. The van der Waals surface area contributed by atoms with Gasteiger partial charge in [-0.3, -0.25) is 0 Å². The average Bonchev–Trinajstić information content (AvgIpc) is 2.85. The van der Waals surface area contributed by atoms with Crippen LogP contribution in [-0.2, 0) is 10.0 Å². The molecule has 3 N–H and O–H groups in total. The summed E-state index contributed by atoms with van der Waals surface area (Å²) < 4.78 is 26.0. The van der Waals surface area contributed by atoms with E-state index in [0.717, 1.165) is 11.3 Å². The number of halogens is 1. The SMILES string of the molecule is Cc1cc(NC(=O)NS(=O)(=O)c2ccc(Cl)s2)ccc1C(=O)O. The number of anilines is 1. The highest BCUT2D eigenvalue weighted by Crippen LogP contribution is 2.25. The van der Waals surface area contributed by atoms with Crippen LogP contribution in [0.15, 0.2) is 34.5 Å². The second kappa shape index (κ2) is 6.57. The summed E-state index contributed by atoms with van der Waals surface area (Å²) in [5, 5.41) is 11.3. The van der Waals surface area contributed by atoms with Gasteiger partial charge in [0.05, 0.1) is 9.90 Å². The number of nitrogens with one attached hydrogen (secondary N) is 2. The number of carbonyl (C=O) groups is 2. The number of amides is 2. The summed E-state index contributed by atoms with van der Waals surface area (Å²) in [7, 11) is -4.01. The quantitative estimate of drug-likeness (QED) is 0.761. The maximum absolute atomic E-state index is 12.0. The van der Waals surface area contributed by atoms with E-state index in [2.05, 4.69) is 5.32 Å². The molecule has 23 heavy (non-hydrogen) atoms. The number of hydrogen-bond donors (Lipinski definition) is 3. The summed E-state index contributed by atoms with van der Waals surface area (Å²) in [6, 6.07) is 5.85. The number of sulfonamides is 1. The molecule has 1 aromatic heterocycles. The standard InChI is InChI=1S/C13H11ClN2O5S2/c1-7-6-8(2-3-9(7)12(17)18)15-13(19)16-23(20,21)11-5-4-10(14)22-11/h2-6H,1H3,(H,17,18)(H2,15,16,19). The van der Waals surface area contributed by atoms with Gasteiger partial charge in [0.25, 0.3) is 10.0 Å². The Hall–Kier alpha value is -2.10. The van der Waals surface area contributed by atoms with Crippen molar-refractivity contribution in [1.82, 2.24) is 4.72 Å². The van der Waals surface area contributed by atoms with Crippen LogP contribution < -0.4 is 10.0 Å². The lowest BCUT2D eigenvalue weighted by molar-refractivity contribution is 0.0696. The zero-order valence-electron chi connectivity index (χ0n) is 11.7. The predicted molar refractivity (Wildman–Crippen MR) is 86.8 cm³/mol. The molecule has 0 aliphatic heterocycles. The minimum atomic E-state index is -4.01. The van der Waals surface area contributed by atoms with Crippen molar-refractivity contribution in [2.24, 2.45) is 0 Å². The normalized spacial score (nSPS) is 11.0. The van der Waals surface area contributed by atoms with Gasteiger partial charge in [0.15, 0.2) is 0 Å². The molecule has 1 heterocycles. The first-order chi connectivity index (χ1) is 10.7. The molecule has 1 aromatic carbocycles. The summed E-state index contributed by atoms with van der Waals surface area (Å²) in [5.41, 5.74) is 0.796. The van der Waals surface area contributed by atoms with Gasteiger partial charge in [-0.25, -0.2) is 22.7 Å². The third-order valence-electron chi connectivity index (χ3n) is 2.76. The van der Waals surface area contributed by atoms with Gasteiger partial charge in [0.2, 0.25) is 0 Å². The van der Waals surface area contributed by atoms with Crippen LogP contribution in [0.4, 0.5) is 10.5 Å². The molecule has 0 atom stereocenters. The lowest BCUT2D eigenvalue weighted by atomic mass is 10.1. The summed E-state index contributed by atoms with van der Waals surface area (Å²) >= 11 is 6.49. The van der Waals surface area contributed by atoms with Gasteiger partial charge in [0.1, 0.15) is 4.21 Å². The minimum absolute atomic E-state index is 0.0879. The molecular weight excluding hydrogens is 364 g/mol. The summed E-state index contributed by atoms with van der Waals surface area (Å²) in [4.78, 5) is 22.7. The van der Waals surface area contributed by atoms with Crippen molar-refractivity contribution in [1.29, 1.82) is 0 Å². The van der Waals surface area contributed by atoms with E-state index < -0.39 is 22.0 Å². The molecule has 7 nitrogen and oxygen atoms in total. The van der Waals surface area contributed by atoms with Crippen molar-refractivity contribution in [3.63, 3.8) is 0 Å². The highest BCUT2D eigenvalue weighted by Gasteiger charge is 2.20. The molecule has 2 rings (SSSR count). The smallest absolute Gasteiger partial charge is 0.335 e. The predicted octanol–water partition coefficient (Wildman–Crippen LogP) is 2.92. The topological polar surface area (TPSA) is 113 Å². The number of benzene rings is 1. The van der Waals surface area contributed by atoms with E-state index in [0.29, 0.717) is 5.56 Å². The Bertz CT molecular complexity index is 876. The van der Waals surface area contributed by atoms with Gasteiger partial charge in [0, 0.05) is 5.69 Å². The number of hydrogen-bond acceptors (Lipinski definition) is 5. The number of carbonyl (C=O) groups excluding carboxylic acids is 1. The molecule has 122 valence electrons. The molecule has 0 bridgehead atoms. The van der Waals surface area contributed by atoms with Crippen LogP contribution in [-0.4, -0.2) is 25.5 Å². The highest BCUT2D eigenvalue weighted by atomic mass is 35.5. The molecule has 2 amide bonds. The first kappa shape index (κ1) is 17.3. The zero-order valence-corrected chi connectivity index (χ0v) is 14.1. The van der Waals surface area contributed by atoms with Crippen LogP contribution in [0.2, 0.25) is 4.34 Å².